The predicted octanol–water partition coefficient (Wildman–Crippen LogP) is 1.35. The summed E-state index contributed by atoms with van der Waals surface area (Å²) in [7, 11) is 0. The molecule has 106 valence electrons. The van der Waals surface area contributed by atoms with Crippen molar-refractivity contribution in [3.8, 4) is 0 Å². The SMILES string of the molecule is CC(N)CCCC(=O)NCC(C)CN1CCCC1. The van der Waals surface area contributed by atoms with Crippen molar-refractivity contribution in [1.82, 2.24) is 10.2 Å². The third-order valence-corrected chi connectivity index (χ3v) is 3.48. The van der Waals surface area contributed by atoms with E-state index in [1.165, 1.54) is 25.9 Å². The summed E-state index contributed by atoms with van der Waals surface area (Å²) >= 11 is 0. The van der Waals surface area contributed by atoms with Gasteiger partial charge in [-0.2, -0.15) is 0 Å². The van der Waals surface area contributed by atoms with Crippen LogP contribution in [0.15, 0.2) is 0 Å². The van der Waals surface area contributed by atoms with Gasteiger partial charge in [0.2, 0.25) is 5.91 Å². The molecule has 0 spiro atoms. The molecule has 1 amide bonds. The van der Waals surface area contributed by atoms with Gasteiger partial charge < -0.3 is 16.0 Å². The zero-order chi connectivity index (χ0) is 13.4. The molecule has 0 aromatic carbocycles. The van der Waals surface area contributed by atoms with Gasteiger partial charge in [0.1, 0.15) is 0 Å². The van der Waals surface area contributed by atoms with Crippen LogP contribution in [0.1, 0.15) is 46.0 Å². The number of rotatable bonds is 8. The molecule has 0 aromatic rings. The fourth-order valence-corrected chi connectivity index (χ4v) is 2.43. The molecule has 2 atom stereocenters. The van der Waals surface area contributed by atoms with E-state index in [9.17, 15) is 4.79 Å². The van der Waals surface area contributed by atoms with E-state index in [0.717, 1.165) is 25.9 Å². The highest BCUT2D eigenvalue weighted by atomic mass is 16.1. The van der Waals surface area contributed by atoms with Gasteiger partial charge in [-0.05, 0) is 51.6 Å². The Hall–Kier alpha value is -0.610. The normalized spacial score (nSPS) is 19.7. The van der Waals surface area contributed by atoms with Gasteiger partial charge in [-0.15, -0.1) is 0 Å². The summed E-state index contributed by atoms with van der Waals surface area (Å²) in [6.07, 6.45) is 5.09. The van der Waals surface area contributed by atoms with Crippen LogP contribution in [0.5, 0.6) is 0 Å². The van der Waals surface area contributed by atoms with Crippen molar-refractivity contribution in [3.63, 3.8) is 0 Å². The van der Waals surface area contributed by atoms with Gasteiger partial charge in [0.25, 0.3) is 0 Å². The van der Waals surface area contributed by atoms with E-state index >= 15 is 0 Å². The lowest BCUT2D eigenvalue weighted by Crippen LogP contribution is -2.34. The first-order valence-electron chi connectivity index (χ1n) is 7.32. The lowest BCUT2D eigenvalue weighted by atomic mass is 10.1. The van der Waals surface area contributed by atoms with Crippen LogP contribution in [0.2, 0.25) is 0 Å². The number of amides is 1. The van der Waals surface area contributed by atoms with E-state index in [1.54, 1.807) is 0 Å². The van der Waals surface area contributed by atoms with Crippen LogP contribution in [0.25, 0.3) is 0 Å². The summed E-state index contributed by atoms with van der Waals surface area (Å²) in [4.78, 5) is 14.1. The number of carbonyl (C=O) groups excluding carboxylic acids is 1. The Bertz CT molecular complexity index is 237. The zero-order valence-corrected chi connectivity index (χ0v) is 12.0. The molecule has 4 heteroatoms. The molecule has 3 N–H and O–H groups in total. The Morgan fingerprint density at radius 2 is 2.00 bits per heavy atom. The van der Waals surface area contributed by atoms with Gasteiger partial charge in [0.05, 0.1) is 0 Å². The lowest BCUT2D eigenvalue weighted by molar-refractivity contribution is -0.121. The molecule has 4 nitrogen and oxygen atoms in total. The van der Waals surface area contributed by atoms with E-state index in [0.29, 0.717) is 12.3 Å². The Morgan fingerprint density at radius 1 is 1.33 bits per heavy atom. The fraction of sp³-hybridized carbons (Fsp3) is 0.929. The molecular formula is C14H29N3O. The van der Waals surface area contributed by atoms with E-state index in [4.69, 9.17) is 5.73 Å². The summed E-state index contributed by atoms with van der Waals surface area (Å²) in [5, 5.41) is 3.02. The predicted molar refractivity (Wildman–Crippen MR) is 75.3 cm³/mol. The molecule has 1 rings (SSSR count). The summed E-state index contributed by atoms with van der Waals surface area (Å²) < 4.78 is 0. The number of carbonyl (C=O) groups is 1. The summed E-state index contributed by atoms with van der Waals surface area (Å²) in [6.45, 7) is 8.56. The molecule has 0 bridgehead atoms. The largest absolute Gasteiger partial charge is 0.356 e. The smallest absolute Gasteiger partial charge is 0.220 e. The number of hydrogen-bond acceptors (Lipinski definition) is 3. The van der Waals surface area contributed by atoms with E-state index < -0.39 is 0 Å². The Labute approximate surface area is 111 Å². The van der Waals surface area contributed by atoms with Gasteiger partial charge in [0, 0.05) is 25.6 Å². The average Bonchev–Trinajstić information content (AvgIpc) is 2.78. The molecule has 1 heterocycles. The fourth-order valence-electron chi connectivity index (χ4n) is 2.43. The van der Waals surface area contributed by atoms with E-state index in [-0.39, 0.29) is 11.9 Å². The second-order valence-corrected chi connectivity index (χ2v) is 5.79. The van der Waals surface area contributed by atoms with Crippen molar-refractivity contribution in [2.24, 2.45) is 11.7 Å². The zero-order valence-electron chi connectivity index (χ0n) is 12.0. The highest BCUT2D eigenvalue weighted by Crippen LogP contribution is 2.09. The van der Waals surface area contributed by atoms with Crippen molar-refractivity contribution < 1.29 is 4.79 Å². The van der Waals surface area contributed by atoms with Crippen LogP contribution in [0.4, 0.5) is 0 Å². The second kappa shape index (κ2) is 8.48. The molecule has 0 aromatic heterocycles. The van der Waals surface area contributed by atoms with Crippen molar-refractivity contribution in [3.05, 3.63) is 0 Å². The Morgan fingerprint density at radius 3 is 2.61 bits per heavy atom. The number of hydrogen-bond donors (Lipinski definition) is 2. The highest BCUT2D eigenvalue weighted by molar-refractivity contribution is 5.75. The average molecular weight is 255 g/mol. The van der Waals surface area contributed by atoms with Gasteiger partial charge in [-0.1, -0.05) is 6.92 Å². The molecule has 1 saturated heterocycles. The molecule has 1 fully saturated rings. The lowest BCUT2D eigenvalue weighted by Gasteiger charge is -2.20. The van der Waals surface area contributed by atoms with Crippen molar-refractivity contribution in [2.75, 3.05) is 26.2 Å². The number of nitrogens with two attached hydrogens (primary N) is 1. The van der Waals surface area contributed by atoms with Crippen LogP contribution >= 0.6 is 0 Å². The van der Waals surface area contributed by atoms with Gasteiger partial charge in [-0.3, -0.25) is 4.79 Å². The molecule has 2 unspecified atom stereocenters. The van der Waals surface area contributed by atoms with Crippen LogP contribution in [0.3, 0.4) is 0 Å². The third kappa shape index (κ3) is 6.97. The minimum atomic E-state index is 0.170. The van der Waals surface area contributed by atoms with Crippen LogP contribution in [-0.4, -0.2) is 43.0 Å². The topological polar surface area (TPSA) is 58.4 Å². The second-order valence-electron chi connectivity index (χ2n) is 5.79. The number of nitrogens with one attached hydrogen (secondary N) is 1. The van der Waals surface area contributed by atoms with Crippen LogP contribution in [0, 0.1) is 5.92 Å². The highest BCUT2D eigenvalue weighted by Gasteiger charge is 2.14. The van der Waals surface area contributed by atoms with Crippen molar-refractivity contribution in [1.29, 1.82) is 0 Å². The first-order valence-corrected chi connectivity index (χ1v) is 7.32. The molecule has 0 aliphatic carbocycles. The quantitative estimate of drug-likeness (QED) is 0.688. The summed E-state index contributed by atoms with van der Waals surface area (Å²) in [5.41, 5.74) is 5.65. The maximum absolute atomic E-state index is 11.6. The van der Waals surface area contributed by atoms with Crippen LogP contribution in [-0.2, 0) is 4.79 Å². The molecular weight excluding hydrogens is 226 g/mol. The van der Waals surface area contributed by atoms with Gasteiger partial charge in [0.15, 0.2) is 0 Å². The third-order valence-electron chi connectivity index (χ3n) is 3.48. The summed E-state index contributed by atoms with van der Waals surface area (Å²) in [5.74, 6) is 0.712. The standard InChI is InChI=1S/C14H29N3O/c1-12(11-17-8-3-4-9-17)10-16-14(18)7-5-6-13(2)15/h12-13H,3-11,15H2,1-2H3,(H,16,18). The molecule has 1 aliphatic heterocycles. The number of nitrogens with zero attached hydrogens (tertiary/aromatic N) is 1. The number of likely N-dealkylation sites (tertiary alicyclic amines) is 1. The molecule has 0 saturated carbocycles. The van der Waals surface area contributed by atoms with E-state index in [2.05, 4.69) is 17.1 Å². The van der Waals surface area contributed by atoms with Crippen LogP contribution < -0.4 is 11.1 Å². The van der Waals surface area contributed by atoms with E-state index in [1.807, 2.05) is 6.92 Å². The summed E-state index contributed by atoms with van der Waals surface area (Å²) in [6, 6.07) is 0.201. The molecule has 1 aliphatic rings. The Kier molecular flexibility index (Phi) is 7.28. The van der Waals surface area contributed by atoms with Crippen molar-refractivity contribution >= 4 is 5.91 Å². The maximum Gasteiger partial charge on any atom is 0.220 e. The maximum atomic E-state index is 11.6. The molecule has 18 heavy (non-hydrogen) atoms. The first-order chi connectivity index (χ1) is 8.58. The molecule has 0 radical (unpaired) electrons. The monoisotopic (exact) mass is 255 g/mol. The van der Waals surface area contributed by atoms with Gasteiger partial charge in [-0.25, -0.2) is 0 Å². The Balaban J connectivity index is 2.02. The minimum Gasteiger partial charge on any atom is -0.356 e. The van der Waals surface area contributed by atoms with Crippen molar-refractivity contribution in [2.45, 2.75) is 52.0 Å². The first kappa shape index (κ1) is 15.4. The minimum absolute atomic E-state index is 0.170. The van der Waals surface area contributed by atoms with Gasteiger partial charge >= 0.3 is 0 Å².